The van der Waals surface area contributed by atoms with Crippen LogP contribution in [0.3, 0.4) is 0 Å². The molecule has 0 aromatic heterocycles. The van der Waals surface area contributed by atoms with E-state index in [0.29, 0.717) is 25.7 Å². The van der Waals surface area contributed by atoms with Gasteiger partial charge in [0.25, 0.3) is 0 Å². The van der Waals surface area contributed by atoms with E-state index < -0.39 is 6.10 Å². The second kappa shape index (κ2) is 49.3. The number of hydrogen-bond acceptors (Lipinski definition) is 6. The van der Waals surface area contributed by atoms with Crippen molar-refractivity contribution in [2.24, 2.45) is 0 Å². The fourth-order valence-electron chi connectivity index (χ4n) is 7.46. The van der Waals surface area contributed by atoms with E-state index in [1.165, 1.54) is 167 Å². The number of carbonyl (C=O) groups is 3. The number of esters is 3. The molecule has 0 saturated heterocycles. The molecule has 0 bridgehead atoms. The second-order valence-electron chi connectivity index (χ2n) is 17.4. The summed E-state index contributed by atoms with van der Waals surface area (Å²) in [6.07, 6.45) is 57.0. The van der Waals surface area contributed by atoms with Crippen LogP contribution in [-0.2, 0) is 28.6 Å². The predicted octanol–water partition coefficient (Wildman–Crippen LogP) is 16.9. The van der Waals surface area contributed by atoms with E-state index in [2.05, 4.69) is 57.2 Å². The SMILES string of the molecule is CCCCCCCC/C=C\C/C=C\C/C=C\CCCC(=O)OC[C@H](COC(=O)CCCCCCCCCCCCCCC)OC(=O)CCCCCCCCCCCCCC. The van der Waals surface area contributed by atoms with E-state index in [4.69, 9.17) is 14.2 Å². The second-order valence-corrected chi connectivity index (χ2v) is 17.4. The first kappa shape index (κ1) is 57.6. The molecule has 0 aliphatic carbocycles. The molecule has 0 aromatic carbocycles. The summed E-state index contributed by atoms with van der Waals surface area (Å²) in [5.74, 6) is -0.927. The highest BCUT2D eigenvalue weighted by Gasteiger charge is 2.19. The quantitative estimate of drug-likeness (QED) is 0.0263. The Morgan fingerprint density at radius 3 is 1.00 bits per heavy atom. The predicted molar refractivity (Wildman–Crippen MR) is 256 cm³/mol. The lowest BCUT2D eigenvalue weighted by molar-refractivity contribution is -0.167. The first-order valence-corrected chi connectivity index (χ1v) is 26.0. The molecule has 6 heteroatoms. The highest BCUT2D eigenvalue weighted by atomic mass is 16.6. The van der Waals surface area contributed by atoms with E-state index in [1.807, 2.05) is 0 Å². The number of unbranched alkanes of at least 4 members (excludes halogenated alkanes) is 30. The fraction of sp³-hybridized carbons (Fsp3) is 0.833. The first-order chi connectivity index (χ1) is 29.5. The molecule has 350 valence electrons. The summed E-state index contributed by atoms with van der Waals surface area (Å²) in [4.78, 5) is 37.9. The van der Waals surface area contributed by atoms with Gasteiger partial charge in [0.15, 0.2) is 6.10 Å². The van der Waals surface area contributed by atoms with Crippen LogP contribution >= 0.6 is 0 Å². The Kier molecular flexibility index (Phi) is 47.3. The number of hydrogen-bond donors (Lipinski definition) is 0. The number of rotatable bonds is 47. The van der Waals surface area contributed by atoms with Crippen LogP contribution in [0.15, 0.2) is 36.5 Å². The summed E-state index contributed by atoms with van der Waals surface area (Å²) < 4.78 is 16.7. The van der Waals surface area contributed by atoms with E-state index in [-0.39, 0.29) is 31.1 Å². The summed E-state index contributed by atoms with van der Waals surface area (Å²) >= 11 is 0. The van der Waals surface area contributed by atoms with Crippen LogP contribution in [-0.4, -0.2) is 37.2 Å². The third-order valence-corrected chi connectivity index (χ3v) is 11.4. The fourth-order valence-corrected chi connectivity index (χ4v) is 7.46. The Balaban J connectivity index is 4.41. The molecule has 0 aromatic rings. The lowest BCUT2D eigenvalue weighted by atomic mass is 10.0. The van der Waals surface area contributed by atoms with Gasteiger partial charge in [-0.2, -0.15) is 0 Å². The third kappa shape index (κ3) is 46.7. The van der Waals surface area contributed by atoms with Gasteiger partial charge in [-0.1, -0.05) is 237 Å². The van der Waals surface area contributed by atoms with E-state index in [0.717, 1.165) is 57.8 Å². The van der Waals surface area contributed by atoms with Crippen molar-refractivity contribution in [2.45, 2.75) is 277 Å². The van der Waals surface area contributed by atoms with E-state index >= 15 is 0 Å². The van der Waals surface area contributed by atoms with Crippen molar-refractivity contribution in [2.75, 3.05) is 13.2 Å². The van der Waals surface area contributed by atoms with Gasteiger partial charge in [-0.05, 0) is 51.4 Å². The molecule has 0 amide bonds. The molecule has 60 heavy (non-hydrogen) atoms. The molecule has 0 unspecified atom stereocenters. The van der Waals surface area contributed by atoms with Crippen molar-refractivity contribution >= 4 is 17.9 Å². The molecular formula is C54H98O6. The van der Waals surface area contributed by atoms with Crippen LogP contribution in [0.25, 0.3) is 0 Å². The molecule has 0 aliphatic rings. The van der Waals surface area contributed by atoms with Gasteiger partial charge in [0.05, 0.1) is 0 Å². The third-order valence-electron chi connectivity index (χ3n) is 11.4. The zero-order chi connectivity index (χ0) is 43.7. The zero-order valence-electron chi connectivity index (χ0n) is 40.0. The number of carbonyl (C=O) groups excluding carboxylic acids is 3. The molecule has 0 N–H and O–H groups in total. The molecule has 0 fully saturated rings. The topological polar surface area (TPSA) is 78.9 Å². The number of allylic oxidation sites excluding steroid dienone is 6. The molecule has 0 radical (unpaired) electrons. The largest absolute Gasteiger partial charge is 0.462 e. The van der Waals surface area contributed by atoms with E-state index in [1.54, 1.807) is 0 Å². The van der Waals surface area contributed by atoms with Crippen LogP contribution in [0.2, 0.25) is 0 Å². The van der Waals surface area contributed by atoms with Gasteiger partial charge < -0.3 is 14.2 Å². The highest BCUT2D eigenvalue weighted by Crippen LogP contribution is 2.15. The van der Waals surface area contributed by atoms with Crippen molar-refractivity contribution in [3.05, 3.63) is 36.5 Å². The van der Waals surface area contributed by atoms with Crippen LogP contribution in [0.1, 0.15) is 271 Å². The summed E-state index contributed by atoms with van der Waals surface area (Å²) in [6, 6.07) is 0. The van der Waals surface area contributed by atoms with Gasteiger partial charge in [0.2, 0.25) is 0 Å². The normalized spacial score (nSPS) is 12.2. The summed E-state index contributed by atoms with van der Waals surface area (Å²) in [7, 11) is 0. The first-order valence-electron chi connectivity index (χ1n) is 26.0. The lowest BCUT2D eigenvalue weighted by Gasteiger charge is -2.18. The average molecular weight is 843 g/mol. The molecule has 0 saturated carbocycles. The maximum atomic E-state index is 12.8. The summed E-state index contributed by atoms with van der Waals surface area (Å²) in [5.41, 5.74) is 0. The zero-order valence-corrected chi connectivity index (χ0v) is 40.0. The minimum absolute atomic E-state index is 0.0834. The lowest BCUT2D eigenvalue weighted by Crippen LogP contribution is -2.30. The maximum Gasteiger partial charge on any atom is 0.306 e. The minimum Gasteiger partial charge on any atom is -0.462 e. The Morgan fingerprint density at radius 2 is 0.617 bits per heavy atom. The Bertz CT molecular complexity index is 1020. The van der Waals surface area contributed by atoms with E-state index in [9.17, 15) is 14.4 Å². The average Bonchev–Trinajstić information content (AvgIpc) is 3.24. The minimum atomic E-state index is -0.786. The smallest absolute Gasteiger partial charge is 0.306 e. The van der Waals surface area contributed by atoms with Crippen LogP contribution in [0.4, 0.5) is 0 Å². The van der Waals surface area contributed by atoms with Gasteiger partial charge in [0.1, 0.15) is 13.2 Å². The molecular weight excluding hydrogens is 745 g/mol. The summed E-state index contributed by atoms with van der Waals surface area (Å²) in [5, 5.41) is 0. The monoisotopic (exact) mass is 843 g/mol. The molecule has 0 aliphatic heterocycles. The van der Waals surface area contributed by atoms with Crippen molar-refractivity contribution in [1.29, 1.82) is 0 Å². The molecule has 0 heterocycles. The molecule has 0 rings (SSSR count). The van der Waals surface area contributed by atoms with Crippen LogP contribution < -0.4 is 0 Å². The van der Waals surface area contributed by atoms with Gasteiger partial charge in [0, 0.05) is 19.3 Å². The Labute approximate surface area is 372 Å². The van der Waals surface area contributed by atoms with Crippen molar-refractivity contribution in [1.82, 2.24) is 0 Å². The summed E-state index contributed by atoms with van der Waals surface area (Å²) in [6.45, 7) is 6.60. The standard InChI is InChI=1S/C54H98O6/c1-4-7-10-13-16-19-22-25-26-27-28-30-33-35-38-41-44-47-53(56)59-50-51(60-54(57)48-45-42-39-36-31-24-21-18-15-12-9-6-3)49-58-52(55)46-43-40-37-34-32-29-23-20-17-14-11-8-5-2/h25-26,28,30,35,38,51H,4-24,27,29,31-34,36-37,39-50H2,1-3H3/b26-25-,30-28-,38-35-/t51-/m0/s1. The van der Waals surface area contributed by atoms with Crippen LogP contribution in [0.5, 0.6) is 0 Å². The Morgan fingerprint density at radius 1 is 0.333 bits per heavy atom. The highest BCUT2D eigenvalue weighted by molar-refractivity contribution is 5.71. The molecule has 6 nitrogen and oxygen atoms in total. The molecule has 0 spiro atoms. The van der Waals surface area contributed by atoms with Crippen molar-refractivity contribution < 1.29 is 28.6 Å². The van der Waals surface area contributed by atoms with Crippen molar-refractivity contribution in [3.8, 4) is 0 Å². The van der Waals surface area contributed by atoms with Crippen molar-refractivity contribution in [3.63, 3.8) is 0 Å². The van der Waals surface area contributed by atoms with Gasteiger partial charge in [-0.15, -0.1) is 0 Å². The van der Waals surface area contributed by atoms with Gasteiger partial charge >= 0.3 is 17.9 Å². The van der Waals surface area contributed by atoms with Crippen LogP contribution in [0, 0.1) is 0 Å². The molecule has 1 atom stereocenters. The number of ether oxygens (including phenoxy) is 3. The van der Waals surface area contributed by atoms with Gasteiger partial charge in [-0.3, -0.25) is 14.4 Å². The maximum absolute atomic E-state index is 12.8. The van der Waals surface area contributed by atoms with Gasteiger partial charge in [-0.25, -0.2) is 0 Å². The Hall–Kier alpha value is -2.37.